The molecule has 26 heavy (non-hydrogen) atoms. The van der Waals surface area contributed by atoms with Gasteiger partial charge >= 0.3 is 0 Å². The number of carbonyl (C=O) groups is 1. The summed E-state index contributed by atoms with van der Waals surface area (Å²) >= 11 is 0. The standard InChI is InChI=1S/C17H19FN6O2/c18-15-6-12(3-4-21-15)22-17-13(16(20)26)8-24(23-17)14-2-1-10(9-25)5-11(14)7-19/h3-4,6,8,10-11,14,25H,1-2,5,9H2,(H2,20,26)(H,21,22,23). The number of pyridine rings is 1. The summed E-state index contributed by atoms with van der Waals surface area (Å²) in [5.41, 5.74) is 5.97. The van der Waals surface area contributed by atoms with Gasteiger partial charge in [-0.25, -0.2) is 4.98 Å². The van der Waals surface area contributed by atoms with Crippen molar-refractivity contribution in [2.75, 3.05) is 11.9 Å². The van der Waals surface area contributed by atoms with Crippen LogP contribution in [0.15, 0.2) is 24.5 Å². The number of rotatable bonds is 5. The second-order valence-corrected chi connectivity index (χ2v) is 6.39. The number of hydrogen-bond acceptors (Lipinski definition) is 6. The molecule has 1 aliphatic carbocycles. The van der Waals surface area contributed by atoms with E-state index in [0.29, 0.717) is 18.5 Å². The van der Waals surface area contributed by atoms with Gasteiger partial charge in [0.15, 0.2) is 5.82 Å². The maximum atomic E-state index is 13.3. The van der Waals surface area contributed by atoms with Gasteiger partial charge in [0.05, 0.1) is 18.0 Å². The first-order valence-electron chi connectivity index (χ1n) is 8.29. The number of aromatic nitrogens is 3. The van der Waals surface area contributed by atoms with Crippen molar-refractivity contribution in [1.82, 2.24) is 14.8 Å². The van der Waals surface area contributed by atoms with Gasteiger partial charge in [0.1, 0.15) is 5.56 Å². The van der Waals surface area contributed by atoms with Crippen molar-refractivity contribution in [3.63, 3.8) is 0 Å². The Balaban J connectivity index is 1.89. The van der Waals surface area contributed by atoms with Crippen molar-refractivity contribution in [3.8, 4) is 6.07 Å². The Bertz CT molecular complexity index is 846. The minimum Gasteiger partial charge on any atom is -0.396 e. The molecule has 9 heteroatoms. The van der Waals surface area contributed by atoms with Crippen molar-refractivity contribution >= 4 is 17.4 Å². The van der Waals surface area contributed by atoms with Gasteiger partial charge in [-0.2, -0.15) is 14.8 Å². The number of nitrogens with zero attached hydrogens (tertiary/aromatic N) is 4. The number of primary amides is 1. The Kier molecular flexibility index (Phi) is 5.14. The molecular weight excluding hydrogens is 339 g/mol. The molecule has 0 spiro atoms. The minimum absolute atomic E-state index is 0.0525. The van der Waals surface area contributed by atoms with E-state index >= 15 is 0 Å². The van der Waals surface area contributed by atoms with Crippen molar-refractivity contribution in [2.45, 2.75) is 25.3 Å². The smallest absolute Gasteiger partial charge is 0.254 e. The Labute approximate surface area is 149 Å². The third-order valence-corrected chi connectivity index (χ3v) is 4.67. The number of hydrogen-bond donors (Lipinski definition) is 3. The van der Waals surface area contributed by atoms with Crippen LogP contribution in [-0.2, 0) is 0 Å². The number of nitrogens with two attached hydrogens (primary N) is 1. The lowest BCUT2D eigenvalue weighted by Crippen LogP contribution is -2.28. The Morgan fingerprint density at radius 3 is 3.00 bits per heavy atom. The normalized spacial score (nSPS) is 22.6. The van der Waals surface area contributed by atoms with Crippen molar-refractivity contribution < 1.29 is 14.3 Å². The number of aliphatic hydroxyl groups is 1. The van der Waals surface area contributed by atoms with Gasteiger partial charge in [0, 0.05) is 30.8 Å². The molecule has 0 bridgehead atoms. The molecule has 4 N–H and O–H groups in total. The third-order valence-electron chi connectivity index (χ3n) is 4.67. The summed E-state index contributed by atoms with van der Waals surface area (Å²) in [5, 5.41) is 26.0. The second-order valence-electron chi connectivity index (χ2n) is 6.39. The highest BCUT2D eigenvalue weighted by molar-refractivity contribution is 5.98. The summed E-state index contributed by atoms with van der Waals surface area (Å²) < 4.78 is 14.8. The fourth-order valence-corrected chi connectivity index (χ4v) is 3.31. The molecule has 1 saturated carbocycles. The summed E-state index contributed by atoms with van der Waals surface area (Å²) in [6.07, 6.45) is 4.80. The molecule has 3 atom stereocenters. The molecule has 8 nitrogen and oxygen atoms in total. The van der Waals surface area contributed by atoms with E-state index in [1.54, 1.807) is 4.68 Å². The van der Waals surface area contributed by atoms with Crippen LogP contribution in [0.2, 0.25) is 0 Å². The van der Waals surface area contributed by atoms with Crippen LogP contribution in [0.25, 0.3) is 0 Å². The van der Waals surface area contributed by atoms with Gasteiger partial charge in [0.25, 0.3) is 5.91 Å². The maximum absolute atomic E-state index is 13.3. The Morgan fingerprint density at radius 1 is 1.54 bits per heavy atom. The van der Waals surface area contributed by atoms with Crippen LogP contribution in [0.1, 0.15) is 35.7 Å². The molecule has 2 aromatic rings. The molecule has 2 aromatic heterocycles. The predicted octanol–water partition coefficient (Wildman–Crippen LogP) is 1.73. The van der Waals surface area contributed by atoms with E-state index in [-0.39, 0.29) is 35.9 Å². The lowest BCUT2D eigenvalue weighted by Gasteiger charge is -2.31. The lowest BCUT2D eigenvalue weighted by molar-refractivity contribution is 0.100. The van der Waals surface area contributed by atoms with Crippen molar-refractivity contribution in [1.29, 1.82) is 5.26 Å². The second kappa shape index (κ2) is 7.49. The maximum Gasteiger partial charge on any atom is 0.254 e. The van der Waals surface area contributed by atoms with Crippen molar-refractivity contribution in [3.05, 3.63) is 36.0 Å². The molecule has 0 aliphatic heterocycles. The van der Waals surface area contributed by atoms with Crippen molar-refractivity contribution in [2.24, 2.45) is 17.6 Å². The molecule has 1 aliphatic rings. The zero-order chi connectivity index (χ0) is 18.7. The summed E-state index contributed by atoms with van der Waals surface area (Å²) in [5.74, 6) is -1.37. The Hall–Kier alpha value is -2.99. The molecule has 1 fully saturated rings. The molecule has 0 aromatic carbocycles. The molecule has 136 valence electrons. The van der Waals surface area contributed by atoms with E-state index in [2.05, 4.69) is 21.5 Å². The highest BCUT2D eigenvalue weighted by atomic mass is 19.1. The summed E-state index contributed by atoms with van der Waals surface area (Å²) in [6.45, 7) is 0.0525. The average molecular weight is 358 g/mol. The zero-order valence-corrected chi connectivity index (χ0v) is 14.0. The van der Waals surface area contributed by atoms with Gasteiger partial charge in [0.2, 0.25) is 5.95 Å². The van der Waals surface area contributed by atoms with E-state index in [0.717, 1.165) is 6.42 Å². The largest absolute Gasteiger partial charge is 0.396 e. The highest BCUT2D eigenvalue weighted by Gasteiger charge is 2.33. The fourth-order valence-electron chi connectivity index (χ4n) is 3.31. The molecule has 1 amide bonds. The molecule has 3 rings (SSSR count). The highest BCUT2D eigenvalue weighted by Crippen LogP contribution is 2.37. The van der Waals surface area contributed by atoms with Crippen LogP contribution >= 0.6 is 0 Å². The predicted molar refractivity (Wildman–Crippen MR) is 90.8 cm³/mol. The first-order valence-corrected chi connectivity index (χ1v) is 8.29. The number of nitriles is 1. The number of amides is 1. The number of anilines is 2. The van der Waals surface area contributed by atoms with Crippen LogP contribution in [0, 0.1) is 29.1 Å². The fraction of sp³-hybridized carbons (Fsp3) is 0.412. The summed E-state index contributed by atoms with van der Waals surface area (Å²) in [7, 11) is 0. The molecule has 3 unspecified atom stereocenters. The average Bonchev–Trinajstić information content (AvgIpc) is 3.05. The lowest BCUT2D eigenvalue weighted by atomic mass is 9.79. The van der Waals surface area contributed by atoms with Gasteiger partial charge < -0.3 is 16.2 Å². The van der Waals surface area contributed by atoms with Gasteiger partial charge in [-0.3, -0.25) is 9.48 Å². The van der Waals surface area contributed by atoms with Gasteiger partial charge in [-0.15, -0.1) is 0 Å². The number of halogens is 1. The van der Waals surface area contributed by atoms with Gasteiger partial charge in [-0.05, 0) is 31.2 Å². The summed E-state index contributed by atoms with van der Waals surface area (Å²) in [4.78, 5) is 15.2. The number of carbonyl (C=O) groups excluding carboxylic acids is 1. The van der Waals surface area contributed by atoms with Crippen LogP contribution in [0.3, 0.4) is 0 Å². The summed E-state index contributed by atoms with van der Waals surface area (Å²) in [6, 6.07) is 4.76. The van der Waals surface area contributed by atoms with Crippen LogP contribution in [-0.4, -0.2) is 32.4 Å². The molecule has 2 heterocycles. The van der Waals surface area contributed by atoms with E-state index in [1.807, 2.05) is 0 Å². The zero-order valence-electron chi connectivity index (χ0n) is 14.0. The topological polar surface area (TPSA) is 130 Å². The van der Waals surface area contributed by atoms with E-state index in [1.165, 1.54) is 24.5 Å². The van der Waals surface area contributed by atoms with E-state index < -0.39 is 11.9 Å². The quantitative estimate of drug-likeness (QED) is 0.698. The SMILES string of the molecule is N#CC1CC(CO)CCC1n1cc(C(N)=O)c(Nc2ccnc(F)c2)n1. The number of aliphatic hydroxyl groups excluding tert-OH is 1. The first kappa shape index (κ1) is 17.8. The molecule has 0 saturated heterocycles. The first-order chi connectivity index (χ1) is 12.5. The van der Waals surface area contributed by atoms with Crippen LogP contribution < -0.4 is 11.1 Å². The van der Waals surface area contributed by atoms with Crippen LogP contribution in [0.5, 0.6) is 0 Å². The van der Waals surface area contributed by atoms with E-state index in [4.69, 9.17) is 5.73 Å². The van der Waals surface area contributed by atoms with Crippen LogP contribution in [0.4, 0.5) is 15.9 Å². The molecular formula is C17H19FN6O2. The van der Waals surface area contributed by atoms with E-state index in [9.17, 15) is 19.6 Å². The Morgan fingerprint density at radius 2 is 2.35 bits per heavy atom. The number of nitrogens with one attached hydrogen (secondary N) is 1. The molecule has 0 radical (unpaired) electrons. The monoisotopic (exact) mass is 358 g/mol. The van der Waals surface area contributed by atoms with Gasteiger partial charge in [-0.1, -0.05) is 0 Å². The third kappa shape index (κ3) is 3.65. The minimum atomic E-state index is -0.675.